The SMILES string of the molecule is C/C=C(\C=C(/C)c1ccccc1)c1ccc(N(c2ccc3c(c2)-c2c(ccc4c2sc2ccccc24)C3(C)C)c2ccc3c(c2)C(C)(C)c2ccccc2-3)cc1. The molecule has 7 aromatic carbocycles. The van der Waals surface area contributed by atoms with Gasteiger partial charge in [-0.1, -0.05) is 149 Å². The van der Waals surface area contributed by atoms with E-state index < -0.39 is 0 Å². The summed E-state index contributed by atoms with van der Waals surface area (Å²) in [6.07, 6.45) is 4.52. The average molecular weight is 740 g/mol. The van der Waals surface area contributed by atoms with Gasteiger partial charge >= 0.3 is 0 Å². The van der Waals surface area contributed by atoms with E-state index in [1.807, 2.05) is 11.3 Å². The van der Waals surface area contributed by atoms with Crippen LogP contribution in [0.15, 0.2) is 164 Å². The number of hydrogen-bond acceptors (Lipinski definition) is 2. The third-order valence-corrected chi connectivity index (χ3v) is 13.8. The van der Waals surface area contributed by atoms with Crippen molar-refractivity contribution in [2.24, 2.45) is 0 Å². The van der Waals surface area contributed by atoms with Gasteiger partial charge in [-0.25, -0.2) is 0 Å². The largest absolute Gasteiger partial charge is 0.310 e. The van der Waals surface area contributed by atoms with E-state index in [0.29, 0.717) is 0 Å². The summed E-state index contributed by atoms with van der Waals surface area (Å²) in [7, 11) is 0. The molecule has 10 rings (SSSR count). The smallest absolute Gasteiger partial charge is 0.0468 e. The molecule has 2 aliphatic rings. The summed E-state index contributed by atoms with van der Waals surface area (Å²) in [5.41, 5.74) is 19.2. The lowest BCUT2D eigenvalue weighted by atomic mass is 9.82. The van der Waals surface area contributed by atoms with Crippen molar-refractivity contribution in [2.75, 3.05) is 4.90 Å². The summed E-state index contributed by atoms with van der Waals surface area (Å²) in [5.74, 6) is 0. The van der Waals surface area contributed by atoms with Crippen LogP contribution in [0.2, 0.25) is 0 Å². The first-order valence-electron chi connectivity index (χ1n) is 19.8. The van der Waals surface area contributed by atoms with Gasteiger partial charge < -0.3 is 4.90 Å². The number of anilines is 3. The monoisotopic (exact) mass is 739 g/mol. The van der Waals surface area contributed by atoms with Crippen molar-refractivity contribution in [1.29, 1.82) is 0 Å². The summed E-state index contributed by atoms with van der Waals surface area (Å²) in [4.78, 5) is 2.47. The minimum atomic E-state index is -0.102. The van der Waals surface area contributed by atoms with Gasteiger partial charge in [0, 0.05) is 53.6 Å². The predicted octanol–water partition coefficient (Wildman–Crippen LogP) is 15.6. The molecule has 0 bridgehead atoms. The third kappa shape index (κ3) is 5.20. The molecule has 0 saturated heterocycles. The minimum absolute atomic E-state index is 0.0995. The number of thiophene rings is 1. The Morgan fingerprint density at radius 3 is 1.95 bits per heavy atom. The first-order valence-corrected chi connectivity index (χ1v) is 20.6. The van der Waals surface area contributed by atoms with Crippen LogP contribution in [0.1, 0.15) is 74.9 Å². The summed E-state index contributed by atoms with van der Waals surface area (Å²) in [6.45, 7) is 13.8. The molecule has 0 aliphatic heterocycles. The fourth-order valence-electron chi connectivity index (χ4n) is 9.58. The Hall–Kier alpha value is -5.96. The number of rotatable bonds is 6. The van der Waals surface area contributed by atoms with Crippen LogP contribution in [0.4, 0.5) is 17.1 Å². The third-order valence-electron chi connectivity index (χ3n) is 12.6. The average Bonchev–Trinajstić information content (AvgIpc) is 3.80. The van der Waals surface area contributed by atoms with E-state index in [2.05, 4.69) is 210 Å². The molecule has 0 amide bonds. The van der Waals surface area contributed by atoms with Crippen molar-refractivity contribution in [3.05, 3.63) is 197 Å². The molecular weight excluding hydrogens is 695 g/mol. The van der Waals surface area contributed by atoms with Gasteiger partial charge in [-0.3, -0.25) is 0 Å². The van der Waals surface area contributed by atoms with E-state index in [-0.39, 0.29) is 10.8 Å². The Morgan fingerprint density at radius 2 is 1.14 bits per heavy atom. The summed E-state index contributed by atoms with van der Waals surface area (Å²) in [6, 6.07) is 56.7. The van der Waals surface area contributed by atoms with Crippen LogP contribution in [-0.2, 0) is 10.8 Å². The lowest BCUT2D eigenvalue weighted by molar-refractivity contribution is 0.660. The number of nitrogens with zero attached hydrogens (tertiary/aromatic N) is 1. The summed E-state index contributed by atoms with van der Waals surface area (Å²) >= 11 is 1.93. The van der Waals surface area contributed by atoms with Crippen molar-refractivity contribution >= 4 is 59.7 Å². The van der Waals surface area contributed by atoms with Crippen LogP contribution in [-0.4, -0.2) is 0 Å². The van der Waals surface area contributed by atoms with E-state index in [4.69, 9.17) is 0 Å². The first kappa shape index (κ1) is 34.5. The maximum atomic E-state index is 2.47. The van der Waals surface area contributed by atoms with Gasteiger partial charge in [0.25, 0.3) is 0 Å². The van der Waals surface area contributed by atoms with Crippen molar-refractivity contribution in [2.45, 2.75) is 52.4 Å². The van der Waals surface area contributed by atoms with Gasteiger partial charge in [-0.2, -0.15) is 0 Å². The highest BCUT2D eigenvalue weighted by Gasteiger charge is 2.38. The first-order chi connectivity index (χ1) is 27.1. The van der Waals surface area contributed by atoms with E-state index in [0.717, 1.165) is 11.4 Å². The molecule has 1 nitrogen and oxygen atoms in total. The summed E-state index contributed by atoms with van der Waals surface area (Å²) < 4.78 is 2.73. The Morgan fingerprint density at radius 1 is 0.518 bits per heavy atom. The number of benzene rings is 7. The quantitative estimate of drug-likeness (QED) is 0.154. The molecule has 0 radical (unpaired) electrons. The van der Waals surface area contributed by atoms with Gasteiger partial charge in [-0.15, -0.1) is 11.3 Å². The van der Waals surface area contributed by atoms with E-state index in [1.165, 1.54) is 92.6 Å². The van der Waals surface area contributed by atoms with Crippen LogP contribution in [0.5, 0.6) is 0 Å². The maximum absolute atomic E-state index is 2.47. The molecular formula is C54H45NS. The van der Waals surface area contributed by atoms with E-state index in [1.54, 1.807) is 0 Å². The maximum Gasteiger partial charge on any atom is 0.0468 e. The zero-order valence-electron chi connectivity index (χ0n) is 32.9. The van der Waals surface area contributed by atoms with Gasteiger partial charge in [-0.05, 0) is 118 Å². The molecule has 0 spiro atoms. The highest BCUT2D eigenvalue weighted by molar-refractivity contribution is 7.26. The standard InChI is InChI=1S/C54H45NS/c1-7-35(31-34(2)36-15-9-8-10-16-36)37-21-23-38(24-22-37)55(40-25-27-42-41-17-11-13-19-46(41)54(5,6)49(42)33-40)39-26-29-47-45(32-39)51-48(53(47,3)4)30-28-44-43-18-12-14-20-50(43)56-52(44)51/h7-33H,1-6H3/b34-31+,35-7+. The fourth-order valence-corrected chi connectivity index (χ4v) is 10.8. The van der Waals surface area contributed by atoms with Crippen LogP contribution < -0.4 is 4.90 Å². The number of fused-ring (bicyclic) bond motifs is 10. The lowest BCUT2D eigenvalue weighted by Gasteiger charge is -2.29. The minimum Gasteiger partial charge on any atom is -0.310 e. The molecule has 1 heterocycles. The molecule has 56 heavy (non-hydrogen) atoms. The lowest BCUT2D eigenvalue weighted by Crippen LogP contribution is -2.17. The fraction of sp³-hybridized carbons (Fsp3) is 0.148. The normalized spacial score (nSPS) is 15.1. The molecule has 0 N–H and O–H groups in total. The molecule has 0 saturated carbocycles. The topological polar surface area (TPSA) is 3.24 Å². The van der Waals surface area contributed by atoms with Gasteiger partial charge in [0.1, 0.15) is 0 Å². The molecule has 0 fully saturated rings. The van der Waals surface area contributed by atoms with E-state index in [9.17, 15) is 0 Å². The Balaban J connectivity index is 1.14. The van der Waals surface area contributed by atoms with Gasteiger partial charge in [0.05, 0.1) is 0 Å². The Labute approximate surface area is 334 Å². The van der Waals surface area contributed by atoms with Gasteiger partial charge in [0.2, 0.25) is 0 Å². The van der Waals surface area contributed by atoms with Crippen LogP contribution in [0.3, 0.4) is 0 Å². The molecule has 8 aromatic rings. The predicted molar refractivity (Wildman–Crippen MR) is 243 cm³/mol. The Kier molecular flexibility index (Phi) is 7.89. The van der Waals surface area contributed by atoms with Crippen LogP contribution >= 0.6 is 11.3 Å². The second kappa shape index (κ2) is 12.8. The zero-order valence-corrected chi connectivity index (χ0v) is 33.8. The van der Waals surface area contributed by atoms with E-state index >= 15 is 0 Å². The number of allylic oxidation sites excluding steroid dienone is 4. The highest BCUT2D eigenvalue weighted by atomic mass is 32.1. The Bertz CT molecular complexity index is 2920. The molecule has 2 heteroatoms. The second-order valence-corrected chi connectivity index (χ2v) is 17.6. The molecule has 0 unspecified atom stereocenters. The molecule has 1 aromatic heterocycles. The highest BCUT2D eigenvalue weighted by Crippen LogP contribution is 2.56. The van der Waals surface area contributed by atoms with Crippen molar-refractivity contribution < 1.29 is 0 Å². The van der Waals surface area contributed by atoms with Crippen molar-refractivity contribution in [3.63, 3.8) is 0 Å². The van der Waals surface area contributed by atoms with Crippen LogP contribution in [0, 0.1) is 0 Å². The molecule has 2 aliphatic carbocycles. The van der Waals surface area contributed by atoms with Gasteiger partial charge in [0.15, 0.2) is 0 Å². The molecule has 0 atom stereocenters. The number of hydrogen-bond donors (Lipinski definition) is 0. The van der Waals surface area contributed by atoms with Crippen molar-refractivity contribution in [3.8, 4) is 22.3 Å². The second-order valence-electron chi connectivity index (χ2n) is 16.5. The zero-order chi connectivity index (χ0) is 38.3. The molecule has 272 valence electrons. The summed E-state index contributed by atoms with van der Waals surface area (Å²) in [5, 5.41) is 2.69. The van der Waals surface area contributed by atoms with Crippen molar-refractivity contribution in [1.82, 2.24) is 0 Å². The van der Waals surface area contributed by atoms with Crippen LogP contribution in [0.25, 0.3) is 53.6 Å².